The van der Waals surface area contributed by atoms with Gasteiger partial charge in [0, 0.05) is 17.2 Å². The van der Waals surface area contributed by atoms with Gasteiger partial charge in [-0.3, -0.25) is 10.1 Å². The molecule has 0 amide bonds. The number of carbonyl (C=O) groups is 1. The molecule has 0 heterocycles. The molecule has 114 valence electrons. The average molecular weight is 322 g/mol. The number of non-ortho nitro benzene ring substituents is 1. The third kappa shape index (κ3) is 3.41. The highest BCUT2D eigenvalue weighted by molar-refractivity contribution is 6.30. The molecule has 0 aromatic heterocycles. The number of methoxy groups -OCH3 is 1. The number of hydrogen-bond acceptors (Lipinski definition) is 5. The molecule has 22 heavy (non-hydrogen) atoms. The van der Waals surface area contributed by atoms with E-state index in [4.69, 9.17) is 11.6 Å². The number of halogens is 1. The van der Waals surface area contributed by atoms with E-state index in [1.165, 1.54) is 19.2 Å². The van der Waals surface area contributed by atoms with Gasteiger partial charge in [-0.1, -0.05) is 23.7 Å². The molecule has 0 bridgehead atoms. The number of nitrogens with zero attached hydrogens (tertiary/aromatic N) is 1. The molecule has 0 aliphatic carbocycles. The van der Waals surface area contributed by atoms with E-state index in [-0.39, 0.29) is 16.8 Å². The van der Waals surface area contributed by atoms with E-state index in [0.717, 1.165) is 6.07 Å². The first-order valence-corrected chi connectivity index (χ1v) is 6.61. The van der Waals surface area contributed by atoms with Gasteiger partial charge in [0.2, 0.25) is 0 Å². The van der Waals surface area contributed by atoms with Gasteiger partial charge in [0.1, 0.15) is 6.10 Å². The normalized spacial score (nSPS) is 11.8. The number of aliphatic hydroxyl groups is 1. The van der Waals surface area contributed by atoms with Crippen LogP contribution in [-0.4, -0.2) is 23.1 Å². The fourth-order valence-electron chi connectivity index (χ4n) is 2.00. The molecule has 2 aromatic rings. The smallest absolute Gasteiger partial charge is 0.338 e. The van der Waals surface area contributed by atoms with Crippen molar-refractivity contribution in [1.29, 1.82) is 0 Å². The Morgan fingerprint density at radius 3 is 2.59 bits per heavy atom. The highest BCUT2D eigenvalue weighted by atomic mass is 35.5. The lowest BCUT2D eigenvalue weighted by atomic mass is 9.99. The molecule has 1 N–H and O–H groups in total. The fourth-order valence-corrected chi connectivity index (χ4v) is 2.20. The van der Waals surface area contributed by atoms with Crippen LogP contribution in [0.15, 0.2) is 42.5 Å². The van der Waals surface area contributed by atoms with E-state index in [1.54, 1.807) is 24.3 Å². The van der Waals surface area contributed by atoms with E-state index in [0.29, 0.717) is 10.6 Å². The van der Waals surface area contributed by atoms with E-state index >= 15 is 0 Å². The Labute approximate surface area is 131 Å². The Morgan fingerprint density at radius 2 is 2.00 bits per heavy atom. The molecule has 0 fully saturated rings. The van der Waals surface area contributed by atoms with Gasteiger partial charge in [0.05, 0.1) is 17.6 Å². The van der Waals surface area contributed by atoms with Crippen LogP contribution in [0.3, 0.4) is 0 Å². The minimum absolute atomic E-state index is 0.00669. The number of nitro benzene ring substituents is 1. The van der Waals surface area contributed by atoms with Gasteiger partial charge in [-0.15, -0.1) is 0 Å². The van der Waals surface area contributed by atoms with Crippen molar-refractivity contribution in [3.8, 4) is 0 Å². The molecule has 6 nitrogen and oxygen atoms in total. The zero-order valence-electron chi connectivity index (χ0n) is 11.5. The first kappa shape index (κ1) is 15.9. The number of nitro groups is 1. The van der Waals surface area contributed by atoms with Crippen LogP contribution in [-0.2, 0) is 4.74 Å². The van der Waals surface area contributed by atoms with Crippen LogP contribution in [0.1, 0.15) is 27.6 Å². The van der Waals surface area contributed by atoms with Crippen molar-refractivity contribution >= 4 is 23.3 Å². The summed E-state index contributed by atoms with van der Waals surface area (Å²) in [5.74, 6) is -0.719. The second-order valence-corrected chi connectivity index (χ2v) is 4.96. The monoisotopic (exact) mass is 321 g/mol. The molecule has 0 radical (unpaired) electrons. The zero-order chi connectivity index (χ0) is 16.3. The van der Waals surface area contributed by atoms with Crippen molar-refractivity contribution in [1.82, 2.24) is 0 Å². The summed E-state index contributed by atoms with van der Waals surface area (Å²) in [4.78, 5) is 21.9. The first-order valence-electron chi connectivity index (χ1n) is 6.23. The molecule has 2 rings (SSSR count). The van der Waals surface area contributed by atoms with Gasteiger partial charge >= 0.3 is 5.97 Å². The summed E-state index contributed by atoms with van der Waals surface area (Å²) in [5, 5.41) is 21.8. The molecule has 0 aliphatic heterocycles. The number of rotatable bonds is 4. The van der Waals surface area contributed by atoms with Crippen molar-refractivity contribution in [2.75, 3.05) is 7.11 Å². The van der Waals surface area contributed by atoms with Crippen LogP contribution in [0.2, 0.25) is 5.02 Å². The quantitative estimate of drug-likeness (QED) is 0.531. The first-order chi connectivity index (χ1) is 10.4. The molecule has 0 saturated heterocycles. The maximum Gasteiger partial charge on any atom is 0.338 e. The highest BCUT2D eigenvalue weighted by Gasteiger charge is 2.19. The number of ether oxygens (including phenoxy) is 1. The van der Waals surface area contributed by atoms with Crippen LogP contribution in [0, 0.1) is 10.1 Å². The molecule has 1 unspecified atom stereocenters. The third-order valence-electron chi connectivity index (χ3n) is 3.05. The van der Waals surface area contributed by atoms with Gasteiger partial charge in [-0.25, -0.2) is 4.79 Å². The maximum atomic E-state index is 11.6. The van der Waals surface area contributed by atoms with E-state index in [9.17, 15) is 20.0 Å². The van der Waals surface area contributed by atoms with Crippen molar-refractivity contribution in [2.24, 2.45) is 0 Å². The highest BCUT2D eigenvalue weighted by Crippen LogP contribution is 2.28. The van der Waals surface area contributed by atoms with Crippen LogP contribution >= 0.6 is 11.6 Å². The topological polar surface area (TPSA) is 89.7 Å². The summed E-state index contributed by atoms with van der Waals surface area (Å²) < 4.78 is 4.57. The van der Waals surface area contributed by atoms with Gasteiger partial charge in [0.25, 0.3) is 5.69 Å². The SMILES string of the molecule is COC(=O)c1cc(C(O)c2cccc(Cl)c2)cc([N+](=O)[O-])c1. The van der Waals surface area contributed by atoms with Crippen molar-refractivity contribution in [3.63, 3.8) is 0 Å². The van der Waals surface area contributed by atoms with Gasteiger partial charge in [0.15, 0.2) is 0 Å². The molecule has 2 aromatic carbocycles. The van der Waals surface area contributed by atoms with Crippen LogP contribution in [0.4, 0.5) is 5.69 Å². The number of benzene rings is 2. The average Bonchev–Trinajstić information content (AvgIpc) is 2.52. The van der Waals surface area contributed by atoms with Crippen LogP contribution < -0.4 is 0 Å². The summed E-state index contributed by atoms with van der Waals surface area (Å²) >= 11 is 5.87. The Morgan fingerprint density at radius 1 is 1.27 bits per heavy atom. The lowest BCUT2D eigenvalue weighted by molar-refractivity contribution is -0.385. The van der Waals surface area contributed by atoms with Gasteiger partial charge in [-0.05, 0) is 29.3 Å². The van der Waals surface area contributed by atoms with Gasteiger partial charge < -0.3 is 9.84 Å². The molecular weight excluding hydrogens is 310 g/mol. The van der Waals surface area contributed by atoms with Crippen molar-refractivity contribution < 1.29 is 19.6 Å². The minimum atomic E-state index is -1.15. The molecule has 0 spiro atoms. The van der Waals surface area contributed by atoms with Gasteiger partial charge in [-0.2, -0.15) is 0 Å². The minimum Gasteiger partial charge on any atom is -0.465 e. The summed E-state index contributed by atoms with van der Waals surface area (Å²) in [7, 11) is 1.17. The van der Waals surface area contributed by atoms with Crippen LogP contribution in [0.5, 0.6) is 0 Å². The molecule has 0 saturated carbocycles. The van der Waals surface area contributed by atoms with E-state index in [1.807, 2.05) is 0 Å². The molecular formula is C15H12ClNO5. The molecule has 1 atom stereocenters. The summed E-state index contributed by atoms with van der Waals surface area (Å²) in [6.07, 6.45) is -1.15. The second kappa shape index (κ2) is 6.55. The largest absolute Gasteiger partial charge is 0.465 e. The Balaban J connectivity index is 2.51. The lowest BCUT2D eigenvalue weighted by Gasteiger charge is -2.13. The predicted octanol–water partition coefficient (Wildman–Crippen LogP) is 3.12. The standard InChI is InChI=1S/C15H12ClNO5/c1-22-15(19)11-5-10(7-13(8-11)17(20)21)14(18)9-3-2-4-12(16)6-9/h2-8,14,18H,1H3. The fraction of sp³-hybridized carbons (Fsp3) is 0.133. The van der Waals surface area contributed by atoms with Crippen molar-refractivity contribution in [3.05, 3.63) is 74.3 Å². The van der Waals surface area contributed by atoms with Crippen LogP contribution in [0.25, 0.3) is 0 Å². The third-order valence-corrected chi connectivity index (χ3v) is 3.29. The number of esters is 1. The number of hydrogen-bond donors (Lipinski definition) is 1. The summed E-state index contributed by atoms with van der Waals surface area (Å²) in [6.45, 7) is 0. The molecule has 0 aliphatic rings. The number of carbonyl (C=O) groups excluding carboxylic acids is 1. The van der Waals surface area contributed by atoms with E-state index < -0.39 is 17.0 Å². The zero-order valence-corrected chi connectivity index (χ0v) is 12.3. The number of aliphatic hydroxyl groups excluding tert-OH is 1. The molecule has 7 heteroatoms. The lowest BCUT2D eigenvalue weighted by Crippen LogP contribution is -2.06. The Bertz CT molecular complexity index is 732. The maximum absolute atomic E-state index is 11.6. The summed E-state index contributed by atoms with van der Waals surface area (Å²) in [6, 6.07) is 10.1. The second-order valence-electron chi connectivity index (χ2n) is 4.52. The van der Waals surface area contributed by atoms with Crippen molar-refractivity contribution in [2.45, 2.75) is 6.10 Å². The predicted molar refractivity (Wildman–Crippen MR) is 79.9 cm³/mol. The Kier molecular flexibility index (Phi) is 4.75. The summed E-state index contributed by atoms with van der Waals surface area (Å²) in [5.41, 5.74) is 0.354. The Hall–Kier alpha value is -2.44. The van der Waals surface area contributed by atoms with E-state index in [2.05, 4.69) is 4.74 Å².